The molecule has 1 aromatic carbocycles. The number of nitriles is 1. The first-order chi connectivity index (χ1) is 16.1. The molecule has 0 aliphatic heterocycles. The minimum atomic E-state index is -0.318. The molecule has 2 saturated carbocycles. The summed E-state index contributed by atoms with van der Waals surface area (Å²) in [6.45, 7) is 1.94. The first-order valence-corrected chi connectivity index (χ1v) is 12.0. The van der Waals surface area contributed by atoms with E-state index in [1.54, 1.807) is 6.07 Å². The highest BCUT2D eigenvalue weighted by atomic mass is 19.1. The third kappa shape index (κ3) is 5.08. The summed E-state index contributed by atoms with van der Waals surface area (Å²) in [4.78, 5) is 9.41. The molecule has 0 amide bonds. The molecule has 0 spiro atoms. The molecule has 172 valence electrons. The first kappa shape index (κ1) is 21.6. The number of fused-ring (bicyclic) bond motifs is 4. The van der Waals surface area contributed by atoms with Crippen LogP contribution in [0, 0.1) is 41.8 Å². The number of hydrogen-bond donors (Lipinski definition) is 3. The average Bonchev–Trinajstić information content (AvgIpc) is 2.97. The van der Waals surface area contributed by atoms with Crippen LogP contribution in [0.25, 0.3) is 10.9 Å². The summed E-state index contributed by atoms with van der Waals surface area (Å²) < 4.78 is 14.0. The maximum atomic E-state index is 14.0. The van der Waals surface area contributed by atoms with E-state index in [4.69, 9.17) is 10.2 Å². The van der Waals surface area contributed by atoms with Crippen LogP contribution in [0.4, 0.5) is 22.0 Å². The van der Waals surface area contributed by atoms with E-state index >= 15 is 0 Å². The highest BCUT2D eigenvalue weighted by molar-refractivity contribution is 5.91. The van der Waals surface area contributed by atoms with Crippen molar-refractivity contribution in [2.24, 2.45) is 17.8 Å². The largest absolute Gasteiger partial charge is 0.351 e. The van der Waals surface area contributed by atoms with E-state index in [0.717, 1.165) is 30.3 Å². The van der Waals surface area contributed by atoms with Crippen LogP contribution >= 0.6 is 0 Å². The van der Waals surface area contributed by atoms with Gasteiger partial charge >= 0.3 is 0 Å². The Labute approximate surface area is 193 Å². The van der Waals surface area contributed by atoms with E-state index in [0.29, 0.717) is 53.3 Å². The number of hydrogen-bond acceptors (Lipinski definition) is 6. The number of rotatable bonds is 6. The Morgan fingerprint density at radius 3 is 2.61 bits per heavy atom. The number of anilines is 3. The molecule has 2 aliphatic carbocycles. The Bertz CT molecular complexity index is 1150. The van der Waals surface area contributed by atoms with Crippen LogP contribution in [-0.4, -0.2) is 26.2 Å². The zero-order chi connectivity index (χ0) is 22.8. The topological polar surface area (TPSA) is 102 Å². The summed E-state index contributed by atoms with van der Waals surface area (Å²) in [5, 5.41) is 23.7. The summed E-state index contributed by atoms with van der Waals surface area (Å²) in [6, 6.07) is 9.09. The SMILES string of the molecule is Cc1cc(Nc2nc(NC3CC4CCC(CC(CCC#N)C4)C3)nc3cc(F)ccc23)n[nH]1. The molecule has 7 nitrogen and oxygen atoms in total. The summed E-state index contributed by atoms with van der Waals surface area (Å²) in [6.07, 6.45) is 8.83. The lowest BCUT2D eigenvalue weighted by molar-refractivity contribution is 0.277. The molecular weight excluding hydrogens is 417 g/mol. The molecular formula is C25H30FN7. The van der Waals surface area contributed by atoms with Gasteiger partial charge in [-0.05, 0) is 68.9 Å². The molecule has 33 heavy (non-hydrogen) atoms. The molecule has 3 N–H and O–H groups in total. The molecule has 0 saturated heterocycles. The van der Waals surface area contributed by atoms with Crippen molar-refractivity contribution in [3.8, 4) is 6.07 Å². The quantitative estimate of drug-likeness (QED) is 0.438. The molecule has 2 heterocycles. The predicted octanol–water partition coefficient (Wildman–Crippen LogP) is 5.84. The number of nitrogens with one attached hydrogen (secondary N) is 3. The molecule has 2 aliphatic rings. The van der Waals surface area contributed by atoms with Crippen molar-refractivity contribution in [2.75, 3.05) is 10.6 Å². The van der Waals surface area contributed by atoms with Crippen LogP contribution in [0.5, 0.6) is 0 Å². The van der Waals surface area contributed by atoms with Gasteiger partial charge in [-0.1, -0.05) is 12.8 Å². The lowest BCUT2D eigenvalue weighted by Gasteiger charge is -2.29. The van der Waals surface area contributed by atoms with Gasteiger partial charge in [0.15, 0.2) is 5.82 Å². The fraction of sp³-hybridized carbons (Fsp3) is 0.520. The van der Waals surface area contributed by atoms with Crippen molar-refractivity contribution >= 4 is 28.5 Å². The highest BCUT2D eigenvalue weighted by Gasteiger charge is 2.33. The third-order valence-electron chi connectivity index (χ3n) is 7.16. The van der Waals surface area contributed by atoms with E-state index < -0.39 is 0 Å². The standard InChI is InChI=1S/C25H30FN7/c1-15-9-23(33-32-15)30-24-21-7-6-19(26)14-22(21)29-25(31-24)28-20-12-17-4-5-18(13-20)11-16(10-17)3-2-8-27/h6-7,9,14,16-18,20H,2-5,10-13H2,1H3,(H3,28,29,30,31,32,33). The molecule has 2 bridgehead atoms. The Morgan fingerprint density at radius 1 is 1.12 bits per heavy atom. The molecule has 2 aromatic heterocycles. The average molecular weight is 448 g/mol. The van der Waals surface area contributed by atoms with Crippen molar-refractivity contribution in [3.63, 3.8) is 0 Å². The van der Waals surface area contributed by atoms with Crippen LogP contribution in [0.3, 0.4) is 0 Å². The van der Waals surface area contributed by atoms with Crippen molar-refractivity contribution in [1.29, 1.82) is 5.26 Å². The van der Waals surface area contributed by atoms with E-state index in [9.17, 15) is 4.39 Å². The number of aromatic nitrogens is 4. The fourth-order valence-electron chi connectivity index (χ4n) is 5.75. The first-order valence-electron chi connectivity index (χ1n) is 12.0. The molecule has 5 rings (SSSR count). The zero-order valence-corrected chi connectivity index (χ0v) is 18.9. The van der Waals surface area contributed by atoms with Crippen LogP contribution in [0.1, 0.15) is 57.1 Å². The summed E-state index contributed by atoms with van der Waals surface area (Å²) >= 11 is 0. The molecule has 3 aromatic rings. The fourth-order valence-corrected chi connectivity index (χ4v) is 5.75. The van der Waals surface area contributed by atoms with Gasteiger partial charge in [0.1, 0.15) is 11.6 Å². The zero-order valence-electron chi connectivity index (χ0n) is 18.9. The number of aromatic amines is 1. The maximum absolute atomic E-state index is 14.0. The van der Waals surface area contributed by atoms with Gasteiger partial charge in [0.25, 0.3) is 0 Å². The maximum Gasteiger partial charge on any atom is 0.225 e. The van der Waals surface area contributed by atoms with Gasteiger partial charge in [0.05, 0.1) is 11.6 Å². The lowest BCUT2D eigenvalue weighted by Crippen LogP contribution is -2.28. The van der Waals surface area contributed by atoms with Gasteiger partial charge < -0.3 is 10.6 Å². The molecule has 2 fully saturated rings. The Kier molecular flexibility index (Phi) is 6.12. The number of benzene rings is 1. The number of aryl methyl sites for hydroxylation is 1. The van der Waals surface area contributed by atoms with Crippen LogP contribution in [0.2, 0.25) is 0 Å². The van der Waals surface area contributed by atoms with Crippen molar-refractivity contribution in [1.82, 2.24) is 20.2 Å². The molecule has 8 heteroatoms. The van der Waals surface area contributed by atoms with Crippen LogP contribution in [0.15, 0.2) is 24.3 Å². The summed E-state index contributed by atoms with van der Waals surface area (Å²) in [5.74, 6) is 3.49. The van der Waals surface area contributed by atoms with Crippen LogP contribution < -0.4 is 10.6 Å². The lowest BCUT2D eigenvalue weighted by atomic mass is 9.80. The Balaban J connectivity index is 1.38. The Hall–Kier alpha value is -3.21. The van der Waals surface area contributed by atoms with Gasteiger partial charge in [-0.2, -0.15) is 15.3 Å². The molecule has 0 radical (unpaired) electrons. The Morgan fingerprint density at radius 2 is 1.91 bits per heavy atom. The smallest absolute Gasteiger partial charge is 0.225 e. The van der Waals surface area contributed by atoms with E-state index in [1.807, 2.05) is 13.0 Å². The van der Waals surface area contributed by atoms with E-state index in [1.165, 1.54) is 37.8 Å². The van der Waals surface area contributed by atoms with Crippen molar-refractivity contribution in [2.45, 2.75) is 64.3 Å². The minimum Gasteiger partial charge on any atom is -0.351 e. The molecule has 2 unspecified atom stereocenters. The van der Waals surface area contributed by atoms with E-state index in [-0.39, 0.29) is 5.82 Å². The van der Waals surface area contributed by atoms with Crippen molar-refractivity contribution < 1.29 is 4.39 Å². The van der Waals surface area contributed by atoms with Gasteiger partial charge in [-0.25, -0.2) is 9.37 Å². The minimum absolute atomic E-state index is 0.297. The normalized spacial score (nSPS) is 24.8. The second-order valence-corrected chi connectivity index (χ2v) is 9.77. The van der Waals surface area contributed by atoms with Gasteiger partial charge in [-0.3, -0.25) is 5.10 Å². The number of halogens is 1. The highest BCUT2D eigenvalue weighted by Crippen LogP contribution is 2.42. The van der Waals surface area contributed by atoms with Crippen LogP contribution in [-0.2, 0) is 0 Å². The predicted molar refractivity (Wildman–Crippen MR) is 127 cm³/mol. The summed E-state index contributed by atoms with van der Waals surface area (Å²) in [7, 11) is 0. The second kappa shape index (κ2) is 9.34. The molecule has 2 atom stereocenters. The van der Waals surface area contributed by atoms with Crippen molar-refractivity contribution in [3.05, 3.63) is 35.8 Å². The van der Waals surface area contributed by atoms with Gasteiger partial charge in [0, 0.05) is 35.7 Å². The number of nitrogens with zero attached hydrogens (tertiary/aromatic N) is 4. The monoisotopic (exact) mass is 447 g/mol. The van der Waals surface area contributed by atoms with E-state index in [2.05, 4.69) is 31.9 Å². The summed E-state index contributed by atoms with van der Waals surface area (Å²) in [5.41, 5.74) is 1.51. The van der Waals surface area contributed by atoms with Gasteiger partial charge in [0.2, 0.25) is 5.95 Å². The third-order valence-corrected chi connectivity index (χ3v) is 7.16. The number of H-pyrrole nitrogens is 1. The second-order valence-electron chi connectivity index (χ2n) is 9.77. The van der Waals surface area contributed by atoms with Gasteiger partial charge in [-0.15, -0.1) is 0 Å².